The molecule has 0 spiro atoms. The molecular formula is C13H10ClFOS. The molecule has 0 saturated carbocycles. The summed E-state index contributed by atoms with van der Waals surface area (Å²) in [4.78, 5) is 1.69. The van der Waals surface area contributed by atoms with Crippen LogP contribution in [0.15, 0.2) is 52.3 Å². The average Bonchev–Trinajstić information content (AvgIpc) is 2.34. The summed E-state index contributed by atoms with van der Waals surface area (Å²) in [6.45, 7) is -0.0654. The minimum atomic E-state index is -0.268. The van der Waals surface area contributed by atoms with Gasteiger partial charge in [0, 0.05) is 9.79 Å². The van der Waals surface area contributed by atoms with Crippen LogP contribution in [0.3, 0.4) is 0 Å². The zero-order valence-corrected chi connectivity index (χ0v) is 10.4. The van der Waals surface area contributed by atoms with Gasteiger partial charge in [-0.3, -0.25) is 0 Å². The fourth-order valence-electron chi connectivity index (χ4n) is 1.41. The quantitative estimate of drug-likeness (QED) is 0.903. The minimum Gasteiger partial charge on any atom is -0.392 e. The molecule has 1 N–H and O–H groups in total. The van der Waals surface area contributed by atoms with Gasteiger partial charge in [0.15, 0.2) is 0 Å². The van der Waals surface area contributed by atoms with E-state index in [1.54, 1.807) is 24.3 Å². The molecule has 2 aromatic rings. The minimum absolute atomic E-state index is 0.0654. The highest BCUT2D eigenvalue weighted by molar-refractivity contribution is 7.99. The number of benzene rings is 2. The zero-order valence-electron chi connectivity index (χ0n) is 8.86. The molecule has 1 nitrogen and oxygen atoms in total. The molecule has 0 heterocycles. The third kappa shape index (κ3) is 3.00. The van der Waals surface area contributed by atoms with Crippen LogP contribution in [0.4, 0.5) is 4.39 Å². The van der Waals surface area contributed by atoms with Crippen molar-refractivity contribution >= 4 is 23.4 Å². The van der Waals surface area contributed by atoms with Crippen molar-refractivity contribution in [1.82, 2.24) is 0 Å². The lowest BCUT2D eigenvalue weighted by molar-refractivity contribution is 0.279. The third-order valence-corrected chi connectivity index (χ3v) is 3.87. The van der Waals surface area contributed by atoms with Crippen LogP contribution >= 0.6 is 23.4 Å². The highest BCUT2D eigenvalue weighted by atomic mass is 35.5. The van der Waals surface area contributed by atoms with Crippen molar-refractivity contribution in [2.45, 2.75) is 16.4 Å². The Morgan fingerprint density at radius 3 is 2.47 bits per heavy atom. The van der Waals surface area contributed by atoms with Crippen LogP contribution < -0.4 is 0 Å². The molecule has 0 unspecified atom stereocenters. The summed E-state index contributed by atoms with van der Waals surface area (Å²) in [5, 5.41) is 9.82. The fraction of sp³-hybridized carbons (Fsp3) is 0.0769. The first-order valence-corrected chi connectivity index (χ1v) is 6.22. The molecule has 88 valence electrons. The second-order valence-corrected chi connectivity index (χ2v) is 4.93. The lowest BCUT2D eigenvalue weighted by Crippen LogP contribution is -1.88. The van der Waals surface area contributed by atoms with Crippen LogP contribution in [0.1, 0.15) is 5.56 Å². The van der Waals surface area contributed by atoms with E-state index in [4.69, 9.17) is 11.6 Å². The van der Waals surface area contributed by atoms with E-state index in [0.29, 0.717) is 5.02 Å². The van der Waals surface area contributed by atoms with Crippen molar-refractivity contribution < 1.29 is 9.50 Å². The molecule has 0 saturated heterocycles. The number of halogens is 2. The first-order valence-electron chi connectivity index (χ1n) is 5.02. The summed E-state index contributed by atoms with van der Waals surface area (Å²) in [6.07, 6.45) is 0. The average molecular weight is 269 g/mol. The predicted octanol–water partition coefficient (Wildman–Crippen LogP) is 4.12. The van der Waals surface area contributed by atoms with E-state index in [1.807, 2.05) is 6.07 Å². The molecule has 0 aliphatic rings. The van der Waals surface area contributed by atoms with Crippen molar-refractivity contribution in [3.63, 3.8) is 0 Å². The van der Waals surface area contributed by atoms with Gasteiger partial charge < -0.3 is 5.11 Å². The molecule has 0 radical (unpaired) electrons. The highest BCUT2D eigenvalue weighted by Gasteiger charge is 2.08. The summed E-state index contributed by atoms with van der Waals surface area (Å²) in [7, 11) is 0. The summed E-state index contributed by atoms with van der Waals surface area (Å²) >= 11 is 7.50. The molecule has 0 aromatic heterocycles. The second kappa shape index (κ2) is 5.54. The number of rotatable bonds is 3. The molecule has 0 aliphatic carbocycles. The Morgan fingerprint density at radius 2 is 1.82 bits per heavy atom. The monoisotopic (exact) mass is 268 g/mol. The van der Waals surface area contributed by atoms with Crippen LogP contribution in [0.2, 0.25) is 5.02 Å². The van der Waals surface area contributed by atoms with E-state index in [1.165, 1.54) is 23.9 Å². The largest absolute Gasteiger partial charge is 0.392 e. The normalized spacial score (nSPS) is 10.5. The van der Waals surface area contributed by atoms with Crippen molar-refractivity contribution in [1.29, 1.82) is 0 Å². The van der Waals surface area contributed by atoms with E-state index >= 15 is 0 Å². The van der Waals surface area contributed by atoms with Crippen molar-refractivity contribution in [3.8, 4) is 0 Å². The van der Waals surface area contributed by atoms with Gasteiger partial charge in [-0.15, -0.1) is 0 Å². The summed E-state index contributed by atoms with van der Waals surface area (Å²) in [6, 6.07) is 11.6. The van der Waals surface area contributed by atoms with E-state index < -0.39 is 0 Å². The van der Waals surface area contributed by atoms with Crippen LogP contribution in [0.5, 0.6) is 0 Å². The molecule has 0 aliphatic heterocycles. The molecule has 0 bridgehead atoms. The highest BCUT2D eigenvalue weighted by Crippen LogP contribution is 2.36. The van der Waals surface area contributed by atoms with Gasteiger partial charge in [0.2, 0.25) is 0 Å². The lowest BCUT2D eigenvalue weighted by Gasteiger charge is -2.08. The smallest absolute Gasteiger partial charge is 0.123 e. The van der Waals surface area contributed by atoms with Gasteiger partial charge in [-0.25, -0.2) is 4.39 Å². The number of aliphatic hydroxyl groups is 1. The SMILES string of the molecule is OCc1cccc(Cl)c1Sc1ccc(F)cc1. The van der Waals surface area contributed by atoms with Gasteiger partial charge in [0.1, 0.15) is 5.82 Å². The van der Waals surface area contributed by atoms with Gasteiger partial charge in [0.25, 0.3) is 0 Å². The third-order valence-electron chi connectivity index (χ3n) is 2.25. The Balaban J connectivity index is 2.32. The van der Waals surface area contributed by atoms with Crippen LogP contribution in [-0.4, -0.2) is 5.11 Å². The van der Waals surface area contributed by atoms with Gasteiger partial charge >= 0.3 is 0 Å². The van der Waals surface area contributed by atoms with Gasteiger partial charge in [-0.2, -0.15) is 0 Å². The van der Waals surface area contributed by atoms with Gasteiger partial charge in [-0.05, 0) is 35.9 Å². The summed E-state index contributed by atoms with van der Waals surface area (Å²) < 4.78 is 12.8. The van der Waals surface area contributed by atoms with E-state index in [0.717, 1.165) is 15.4 Å². The molecule has 2 aromatic carbocycles. The zero-order chi connectivity index (χ0) is 12.3. The lowest BCUT2D eigenvalue weighted by atomic mass is 10.2. The van der Waals surface area contributed by atoms with Crippen LogP contribution in [0.25, 0.3) is 0 Å². The molecular weight excluding hydrogens is 259 g/mol. The Kier molecular flexibility index (Phi) is 4.05. The molecule has 17 heavy (non-hydrogen) atoms. The van der Waals surface area contributed by atoms with Crippen molar-refractivity contribution in [3.05, 3.63) is 58.9 Å². The first kappa shape index (κ1) is 12.4. The maximum absolute atomic E-state index is 12.8. The molecule has 2 rings (SSSR count). The van der Waals surface area contributed by atoms with E-state index in [9.17, 15) is 9.50 Å². The topological polar surface area (TPSA) is 20.2 Å². The Morgan fingerprint density at radius 1 is 1.12 bits per heavy atom. The standard InChI is InChI=1S/C13H10ClFOS/c14-12-3-1-2-9(8-16)13(12)17-11-6-4-10(15)5-7-11/h1-7,16H,8H2. The maximum atomic E-state index is 12.8. The number of hydrogen-bond acceptors (Lipinski definition) is 2. The summed E-state index contributed by atoms with van der Waals surface area (Å²) in [5.74, 6) is -0.268. The van der Waals surface area contributed by atoms with Crippen molar-refractivity contribution in [2.24, 2.45) is 0 Å². The van der Waals surface area contributed by atoms with Crippen molar-refractivity contribution in [2.75, 3.05) is 0 Å². The second-order valence-electron chi connectivity index (χ2n) is 3.44. The van der Waals surface area contributed by atoms with Gasteiger partial charge in [-0.1, -0.05) is 35.5 Å². The molecule has 0 amide bonds. The predicted molar refractivity (Wildman–Crippen MR) is 67.9 cm³/mol. The maximum Gasteiger partial charge on any atom is 0.123 e. The Hall–Kier alpha value is -1.03. The summed E-state index contributed by atoms with van der Waals surface area (Å²) in [5.41, 5.74) is 0.770. The fourth-order valence-corrected chi connectivity index (χ4v) is 2.66. The molecule has 0 fully saturated rings. The number of aliphatic hydroxyl groups excluding tert-OH is 1. The van der Waals surface area contributed by atoms with Crippen LogP contribution in [-0.2, 0) is 6.61 Å². The van der Waals surface area contributed by atoms with Gasteiger partial charge in [0.05, 0.1) is 11.6 Å². The molecule has 0 atom stereocenters. The molecule has 4 heteroatoms. The Bertz CT molecular complexity index is 513. The number of hydrogen-bond donors (Lipinski definition) is 1. The van der Waals surface area contributed by atoms with Crippen LogP contribution in [0, 0.1) is 5.82 Å². The van der Waals surface area contributed by atoms with E-state index in [2.05, 4.69) is 0 Å². The Labute approximate surface area is 108 Å². The first-order chi connectivity index (χ1) is 8.20. The van der Waals surface area contributed by atoms with E-state index in [-0.39, 0.29) is 12.4 Å².